The number of fused-ring (bicyclic) bond motifs is 1. The van der Waals surface area contributed by atoms with Crippen LogP contribution in [-0.4, -0.2) is 28.5 Å². The van der Waals surface area contributed by atoms with E-state index in [1.807, 2.05) is 6.92 Å². The maximum Gasteiger partial charge on any atom is 0.162 e. The predicted octanol–water partition coefficient (Wildman–Crippen LogP) is 4.40. The Labute approximate surface area is 161 Å². The van der Waals surface area contributed by atoms with Crippen molar-refractivity contribution < 1.29 is 4.79 Å². The zero-order valence-electron chi connectivity index (χ0n) is 17.1. The van der Waals surface area contributed by atoms with Crippen molar-refractivity contribution in [3.8, 4) is 0 Å². The van der Waals surface area contributed by atoms with Gasteiger partial charge in [0.05, 0.1) is 0 Å². The summed E-state index contributed by atoms with van der Waals surface area (Å²) in [5.41, 5.74) is 5.41. The fourth-order valence-corrected chi connectivity index (χ4v) is 3.99. The molecule has 1 unspecified atom stereocenters. The summed E-state index contributed by atoms with van der Waals surface area (Å²) in [4.78, 5) is 23.1. The topological polar surface area (TPSA) is 70.2 Å². The van der Waals surface area contributed by atoms with Gasteiger partial charge < -0.3 is 15.5 Å². The van der Waals surface area contributed by atoms with Crippen LogP contribution in [0.2, 0.25) is 0 Å². The highest BCUT2D eigenvalue weighted by Gasteiger charge is 2.36. The molecule has 27 heavy (non-hydrogen) atoms. The molecule has 1 aliphatic heterocycles. The molecule has 6 nitrogen and oxygen atoms in total. The number of hydrogen-bond donors (Lipinski definition) is 2. The fourth-order valence-electron chi connectivity index (χ4n) is 3.99. The Morgan fingerprint density at radius 3 is 2.33 bits per heavy atom. The zero-order valence-corrected chi connectivity index (χ0v) is 17.1. The Morgan fingerprint density at radius 2 is 1.78 bits per heavy atom. The summed E-state index contributed by atoms with van der Waals surface area (Å²) in [6.45, 7) is 12.4. The van der Waals surface area contributed by atoms with Gasteiger partial charge in [-0.25, -0.2) is 9.97 Å². The van der Waals surface area contributed by atoms with Crippen molar-refractivity contribution in [3.63, 3.8) is 0 Å². The molecular formula is C21H29N5O. The number of benzene rings is 1. The van der Waals surface area contributed by atoms with Gasteiger partial charge >= 0.3 is 0 Å². The molecule has 2 aromatic rings. The number of carbonyl (C=O) groups is 1. The Bertz CT molecular complexity index is 837. The highest BCUT2D eigenvalue weighted by molar-refractivity contribution is 5.90. The van der Waals surface area contributed by atoms with Crippen LogP contribution < -0.4 is 15.5 Å². The van der Waals surface area contributed by atoms with Crippen LogP contribution in [0, 0.1) is 27.7 Å². The molecule has 1 aromatic carbocycles. The van der Waals surface area contributed by atoms with Crippen LogP contribution in [0.15, 0.2) is 12.1 Å². The zero-order chi connectivity index (χ0) is 19.7. The summed E-state index contributed by atoms with van der Waals surface area (Å²) in [6.07, 6.45) is 2.43. The minimum absolute atomic E-state index is 0.249. The summed E-state index contributed by atoms with van der Waals surface area (Å²) in [7, 11) is 0. The minimum atomic E-state index is -0.415. The van der Waals surface area contributed by atoms with Crippen LogP contribution in [0.3, 0.4) is 0 Å². The molecule has 6 heteroatoms. The summed E-state index contributed by atoms with van der Waals surface area (Å²) in [5, 5.41) is 6.81. The van der Waals surface area contributed by atoms with Gasteiger partial charge in [-0.15, -0.1) is 0 Å². The smallest absolute Gasteiger partial charge is 0.162 e. The van der Waals surface area contributed by atoms with E-state index < -0.39 is 6.17 Å². The van der Waals surface area contributed by atoms with Gasteiger partial charge in [-0.1, -0.05) is 31.5 Å². The number of hydrogen-bond acceptors (Lipinski definition) is 6. The second-order valence-electron chi connectivity index (χ2n) is 7.32. The lowest BCUT2D eigenvalue weighted by molar-refractivity contribution is -0.108. The number of carbonyl (C=O) groups excluding carboxylic acids is 1. The first-order chi connectivity index (χ1) is 12.9. The molecular weight excluding hydrogens is 338 g/mol. The molecule has 2 heterocycles. The molecule has 144 valence electrons. The number of rotatable bonds is 6. The van der Waals surface area contributed by atoms with Crippen LogP contribution in [-0.2, 0) is 4.79 Å². The molecule has 0 aliphatic carbocycles. The molecule has 0 amide bonds. The Hall–Kier alpha value is -2.63. The van der Waals surface area contributed by atoms with Crippen molar-refractivity contribution in [2.75, 3.05) is 15.5 Å². The second kappa shape index (κ2) is 7.55. The third-order valence-corrected chi connectivity index (χ3v) is 5.22. The van der Waals surface area contributed by atoms with Crippen LogP contribution in [0.25, 0.3) is 0 Å². The van der Waals surface area contributed by atoms with Gasteiger partial charge in [-0.05, 0) is 51.7 Å². The Balaban J connectivity index is 2.08. The molecule has 0 saturated carbocycles. The number of nitrogens with zero attached hydrogens (tertiary/aromatic N) is 3. The minimum Gasteiger partial charge on any atom is -0.353 e. The molecule has 0 bridgehead atoms. The molecule has 0 radical (unpaired) electrons. The number of nitrogens with one attached hydrogen (secondary N) is 2. The highest BCUT2D eigenvalue weighted by Crippen LogP contribution is 2.41. The van der Waals surface area contributed by atoms with E-state index in [4.69, 9.17) is 0 Å². The van der Waals surface area contributed by atoms with Crippen LogP contribution in [0.1, 0.15) is 49.2 Å². The van der Waals surface area contributed by atoms with E-state index in [9.17, 15) is 4.79 Å². The number of aromatic nitrogens is 2. The summed E-state index contributed by atoms with van der Waals surface area (Å²) in [5.74, 6) is 2.20. The van der Waals surface area contributed by atoms with Crippen molar-refractivity contribution in [2.24, 2.45) is 0 Å². The largest absolute Gasteiger partial charge is 0.353 e. The molecule has 3 rings (SSSR count). The third kappa shape index (κ3) is 3.48. The van der Waals surface area contributed by atoms with E-state index in [2.05, 4.69) is 72.3 Å². The van der Waals surface area contributed by atoms with Gasteiger partial charge in [0.1, 0.15) is 11.5 Å². The van der Waals surface area contributed by atoms with Crippen LogP contribution >= 0.6 is 0 Å². The van der Waals surface area contributed by atoms with Crippen LogP contribution in [0.5, 0.6) is 0 Å². The summed E-state index contributed by atoms with van der Waals surface area (Å²) in [6, 6.07) is 4.56. The van der Waals surface area contributed by atoms with Crippen molar-refractivity contribution in [1.29, 1.82) is 0 Å². The summed E-state index contributed by atoms with van der Waals surface area (Å²) < 4.78 is 0. The Morgan fingerprint density at radius 1 is 1.15 bits per heavy atom. The van der Waals surface area contributed by atoms with E-state index in [1.165, 1.54) is 16.7 Å². The molecule has 1 aromatic heterocycles. The first-order valence-electron chi connectivity index (χ1n) is 9.63. The fraction of sp³-hybridized carbons (Fsp3) is 0.476. The average Bonchev–Trinajstić information content (AvgIpc) is 2.98. The van der Waals surface area contributed by atoms with Gasteiger partial charge in [-0.3, -0.25) is 4.79 Å². The number of aryl methyl sites for hydroxylation is 4. The van der Waals surface area contributed by atoms with Crippen molar-refractivity contribution in [2.45, 2.75) is 66.6 Å². The van der Waals surface area contributed by atoms with E-state index in [0.717, 1.165) is 36.3 Å². The highest BCUT2D eigenvalue weighted by atomic mass is 16.1. The maximum atomic E-state index is 11.7. The lowest BCUT2D eigenvalue weighted by Gasteiger charge is -2.30. The molecule has 0 fully saturated rings. The Kier molecular flexibility index (Phi) is 5.35. The first kappa shape index (κ1) is 19.1. The molecule has 1 aliphatic rings. The average molecular weight is 367 g/mol. The first-order valence-corrected chi connectivity index (χ1v) is 9.63. The standard InChI is InChI=1S/C21H29N5O/c1-7-16(8-2)26-17(11-27)24-19-20(22-15(6)23-21(19)26)25-18-13(4)9-12(3)10-14(18)5/h9-11,16-17,24H,7-8H2,1-6H3,(H,22,23,25). The van der Waals surface area contributed by atoms with Gasteiger partial charge in [0.2, 0.25) is 0 Å². The molecule has 0 saturated heterocycles. The molecule has 1 atom stereocenters. The van der Waals surface area contributed by atoms with Gasteiger partial charge in [0.15, 0.2) is 24.1 Å². The van der Waals surface area contributed by atoms with E-state index in [1.54, 1.807) is 0 Å². The lowest BCUT2D eigenvalue weighted by atomic mass is 10.1. The number of anilines is 4. The lowest BCUT2D eigenvalue weighted by Crippen LogP contribution is -2.44. The van der Waals surface area contributed by atoms with Crippen LogP contribution in [0.4, 0.5) is 23.0 Å². The van der Waals surface area contributed by atoms with E-state index >= 15 is 0 Å². The molecule has 0 spiro atoms. The number of aldehydes is 1. The van der Waals surface area contributed by atoms with E-state index in [-0.39, 0.29) is 6.04 Å². The SMILES string of the molecule is CCC(CC)N1c2nc(C)nc(Nc3c(C)cc(C)cc3C)c2NC1C=O. The molecule has 2 N–H and O–H groups in total. The van der Waals surface area contributed by atoms with Crippen molar-refractivity contribution in [3.05, 3.63) is 34.6 Å². The maximum absolute atomic E-state index is 11.7. The summed E-state index contributed by atoms with van der Waals surface area (Å²) >= 11 is 0. The quantitative estimate of drug-likeness (QED) is 0.738. The van der Waals surface area contributed by atoms with Gasteiger partial charge in [0, 0.05) is 11.7 Å². The third-order valence-electron chi connectivity index (χ3n) is 5.22. The normalized spacial score (nSPS) is 15.7. The van der Waals surface area contributed by atoms with Gasteiger partial charge in [-0.2, -0.15) is 0 Å². The van der Waals surface area contributed by atoms with Crippen molar-refractivity contribution >= 4 is 29.3 Å². The monoisotopic (exact) mass is 367 g/mol. The predicted molar refractivity (Wildman–Crippen MR) is 111 cm³/mol. The van der Waals surface area contributed by atoms with Crippen molar-refractivity contribution in [1.82, 2.24) is 9.97 Å². The van der Waals surface area contributed by atoms with E-state index in [0.29, 0.717) is 11.6 Å². The second-order valence-corrected chi connectivity index (χ2v) is 7.32. The van der Waals surface area contributed by atoms with Gasteiger partial charge in [0.25, 0.3) is 0 Å².